The lowest BCUT2D eigenvalue weighted by Crippen LogP contribution is -2.31. The molecule has 0 bridgehead atoms. The van der Waals surface area contributed by atoms with Gasteiger partial charge in [0.1, 0.15) is 16.8 Å². The second kappa shape index (κ2) is 16.6. The van der Waals surface area contributed by atoms with Gasteiger partial charge in [-0.05, 0) is 62.8 Å². The van der Waals surface area contributed by atoms with Crippen LogP contribution in [0.3, 0.4) is 0 Å². The topological polar surface area (TPSA) is 99.9 Å². The van der Waals surface area contributed by atoms with E-state index in [-0.39, 0.29) is 17.5 Å². The average molecular weight is 551 g/mol. The summed E-state index contributed by atoms with van der Waals surface area (Å²) in [6, 6.07) is 13.9. The molecule has 0 saturated heterocycles. The molecule has 0 aliphatic rings. The van der Waals surface area contributed by atoms with E-state index in [1.54, 1.807) is 31.6 Å². The number of hydrogen-bond acceptors (Lipinski definition) is 7. The summed E-state index contributed by atoms with van der Waals surface area (Å²) in [6.45, 7) is 9.08. The molecular weight excluding hydrogens is 515 g/mol. The summed E-state index contributed by atoms with van der Waals surface area (Å²) in [5, 5.41) is 20.3. The minimum absolute atomic E-state index is 0.198. The fourth-order valence-corrected chi connectivity index (χ4v) is 3.35. The van der Waals surface area contributed by atoms with E-state index in [1.165, 1.54) is 12.1 Å². The van der Waals surface area contributed by atoms with Crippen molar-refractivity contribution in [2.75, 3.05) is 44.9 Å². The molecule has 0 aliphatic heterocycles. The number of nitrogens with one attached hydrogen (secondary N) is 5. The maximum Gasteiger partial charge on any atom is 0.146 e. The van der Waals surface area contributed by atoms with Crippen molar-refractivity contribution in [1.82, 2.24) is 15.5 Å². The highest BCUT2D eigenvalue weighted by atomic mass is 35.5. The van der Waals surface area contributed by atoms with Crippen molar-refractivity contribution in [3.8, 4) is 0 Å². The molecule has 0 spiro atoms. The van der Waals surface area contributed by atoms with E-state index in [0.29, 0.717) is 23.7 Å². The zero-order valence-corrected chi connectivity index (χ0v) is 23.3. The molecule has 2 aromatic rings. The van der Waals surface area contributed by atoms with Crippen LogP contribution in [0.5, 0.6) is 0 Å². The molecule has 0 aromatic heterocycles. The molecule has 10 heteroatoms. The van der Waals surface area contributed by atoms with E-state index < -0.39 is 0 Å². The lowest BCUT2D eigenvalue weighted by Gasteiger charge is -2.17. The third kappa shape index (κ3) is 11.8. The number of aliphatic imine (C=N–C) groups is 2. The predicted octanol–water partition coefficient (Wildman–Crippen LogP) is 5.33. The number of halogens is 2. The van der Waals surface area contributed by atoms with Crippen molar-refractivity contribution >= 4 is 40.7 Å². The minimum atomic E-state index is -0.318. The molecule has 0 fully saturated rings. The Morgan fingerprint density at radius 3 is 2.51 bits per heavy atom. The maximum absolute atomic E-state index is 13.4. The zero-order chi connectivity index (χ0) is 28.6. The first-order chi connectivity index (χ1) is 18.7. The van der Waals surface area contributed by atoms with Crippen LogP contribution in [-0.4, -0.2) is 56.9 Å². The Bertz CT molecular complexity index is 1250. The number of likely N-dealkylation sites (N-methyl/N-ethyl adjacent to an activating group) is 1. The molecule has 2 rings (SSSR count). The summed E-state index contributed by atoms with van der Waals surface area (Å²) in [6.07, 6.45) is 7.12. The average Bonchev–Trinajstić information content (AvgIpc) is 2.89. The Balaban J connectivity index is 2.24. The molecule has 0 aliphatic carbocycles. The zero-order valence-electron chi connectivity index (χ0n) is 22.6. The van der Waals surface area contributed by atoms with E-state index >= 15 is 0 Å². The molecule has 2 aromatic carbocycles. The first kappa shape index (κ1) is 31.0. The molecule has 0 atom stereocenters. The summed E-state index contributed by atoms with van der Waals surface area (Å²) in [5.41, 5.74) is 4.31. The summed E-state index contributed by atoms with van der Waals surface area (Å²) >= 11 is 5.99. The highest BCUT2D eigenvalue weighted by molar-refractivity contribution is 6.68. The van der Waals surface area contributed by atoms with Crippen LogP contribution in [-0.2, 0) is 6.54 Å². The van der Waals surface area contributed by atoms with Gasteiger partial charge in [0.15, 0.2) is 0 Å². The van der Waals surface area contributed by atoms with Crippen molar-refractivity contribution in [2.45, 2.75) is 6.54 Å². The van der Waals surface area contributed by atoms with Gasteiger partial charge < -0.3 is 26.2 Å². The number of hydrogen-bond donors (Lipinski definition) is 5. The van der Waals surface area contributed by atoms with E-state index in [0.717, 1.165) is 29.2 Å². The molecule has 0 amide bonds. The lowest BCUT2D eigenvalue weighted by molar-refractivity contribution is 0.456. The highest BCUT2D eigenvalue weighted by Gasteiger charge is 2.12. The largest absolute Gasteiger partial charge is 0.392 e. The molecule has 0 heterocycles. The van der Waals surface area contributed by atoms with Crippen molar-refractivity contribution in [1.29, 1.82) is 5.41 Å². The van der Waals surface area contributed by atoms with Crippen LogP contribution in [0.25, 0.3) is 0 Å². The van der Waals surface area contributed by atoms with Gasteiger partial charge in [0.05, 0.1) is 12.2 Å². The van der Waals surface area contributed by atoms with Crippen LogP contribution in [0.2, 0.25) is 0 Å². The third-order valence-corrected chi connectivity index (χ3v) is 5.31. The maximum atomic E-state index is 13.4. The third-order valence-electron chi connectivity index (χ3n) is 5.10. The van der Waals surface area contributed by atoms with Gasteiger partial charge >= 0.3 is 0 Å². The van der Waals surface area contributed by atoms with Gasteiger partial charge in [-0.15, -0.1) is 0 Å². The Morgan fingerprint density at radius 1 is 1.15 bits per heavy atom. The van der Waals surface area contributed by atoms with Crippen LogP contribution in [0.15, 0.2) is 107 Å². The quantitative estimate of drug-likeness (QED) is 0.117. The second-order valence-corrected chi connectivity index (χ2v) is 9.04. The van der Waals surface area contributed by atoms with Crippen molar-refractivity contribution in [3.05, 3.63) is 108 Å². The first-order valence-electron chi connectivity index (χ1n) is 12.2. The minimum Gasteiger partial charge on any atom is -0.392 e. The van der Waals surface area contributed by atoms with Crippen LogP contribution >= 0.6 is 11.6 Å². The smallest absolute Gasteiger partial charge is 0.146 e. The van der Waals surface area contributed by atoms with Gasteiger partial charge in [0.25, 0.3) is 0 Å². The van der Waals surface area contributed by atoms with Gasteiger partial charge in [0, 0.05) is 55.2 Å². The van der Waals surface area contributed by atoms with Crippen LogP contribution in [0.4, 0.5) is 15.8 Å². The normalized spacial score (nSPS) is 12.4. The highest BCUT2D eigenvalue weighted by Crippen LogP contribution is 2.18. The van der Waals surface area contributed by atoms with Gasteiger partial charge in [-0.25, -0.2) is 4.39 Å². The molecule has 0 radical (unpaired) electrons. The van der Waals surface area contributed by atoms with Crippen molar-refractivity contribution < 1.29 is 4.39 Å². The molecule has 5 N–H and O–H groups in total. The standard InChI is InChI=1S/C29H36ClFN8/c1-21(8-7-15-39(4)5)37-26-10-6-9-25(16-26)35-19-23(18-33-2)29(38-27(20-34-3)28(30)32)36-17-22-11-13-24(31)14-12-22/h6-14,16,18,20,32,34-35,37H,1-2,15,17,19H2,3-5H3,(H,36,38)/b8-7+,23-18-,27-20+,32-28?. The first-order valence-corrected chi connectivity index (χ1v) is 12.5. The lowest BCUT2D eigenvalue weighted by atomic mass is 10.2. The monoisotopic (exact) mass is 550 g/mol. The van der Waals surface area contributed by atoms with E-state index in [1.807, 2.05) is 50.5 Å². The SMILES string of the molecule is C=N/C=C(/CNc1cccc(NC(=C)/C=C/CN(C)C)c1)C(=NCc1ccc(F)cc1)N/C(=C/NC)C(=N)Cl. The van der Waals surface area contributed by atoms with Crippen molar-refractivity contribution in [3.63, 3.8) is 0 Å². The number of nitrogens with zero attached hydrogens (tertiary/aromatic N) is 3. The Hall–Kier alpha value is -4.21. The molecule has 206 valence electrons. The van der Waals surface area contributed by atoms with Crippen molar-refractivity contribution in [2.24, 2.45) is 9.98 Å². The number of allylic oxidation sites excluding steroid dienone is 2. The Morgan fingerprint density at radius 2 is 1.87 bits per heavy atom. The summed E-state index contributed by atoms with van der Waals surface area (Å²) in [4.78, 5) is 10.7. The van der Waals surface area contributed by atoms with Gasteiger partial charge in [-0.1, -0.05) is 42.5 Å². The molecule has 8 nitrogen and oxygen atoms in total. The Labute approximate surface area is 235 Å². The molecule has 0 unspecified atom stereocenters. The van der Waals surface area contributed by atoms with E-state index in [9.17, 15) is 4.39 Å². The molecule has 39 heavy (non-hydrogen) atoms. The number of rotatable bonds is 15. The van der Waals surface area contributed by atoms with Gasteiger partial charge in [-0.3, -0.25) is 15.4 Å². The number of anilines is 2. The van der Waals surface area contributed by atoms with Crippen LogP contribution in [0.1, 0.15) is 5.56 Å². The van der Waals surface area contributed by atoms with Crippen LogP contribution in [0, 0.1) is 11.2 Å². The second-order valence-electron chi connectivity index (χ2n) is 8.66. The number of benzene rings is 2. The predicted molar refractivity (Wildman–Crippen MR) is 164 cm³/mol. The van der Waals surface area contributed by atoms with Gasteiger partial charge in [-0.2, -0.15) is 0 Å². The molecule has 0 saturated carbocycles. The summed E-state index contributed by atoms with van der Waals surface area (Å²) in [7, 11) is 5.71. The summed E-state index contributed by atoms with van der Waals surface area (Å²) in [5.74, 6) is 0.112. The number of amidine groups is 1. The van der Waals surface area contributed by atoms with E-state index in [4.69, 9.17) is 17.0 Å². The van der Waals surface area contributed by atoms with Gasteiger partial charge in [0.2, 0.25) is 0 Å². The molecular formula is C29H36ClFN8. The Kier molecular flexibility index (Phi) is 13.2. The van der Waals surface area contributed by atoms with E-state index in [2.05, 4.69) is 49.4 Å². The fraction of sp³-hybridized carbons (Fsp3) is 0.207. The fourth-order valence-electron chi connectivity index (χ4n) is 3.25. The summed E-state index contributed by atoms with van der Waals surface area (Å²) < 4.78 is 13.4. The van der Waals surface area contributed by atoms with Crippen LogP contribution < -0.4 is 21.3 Å².